The molecular formula is C30H30N4O5S2. The van der Waals surface area contributed by atoms with E-state index >= 15 is 0 Å². The highest BCUT2D eigenvalue weighted by atomic mass is 32.2. The van der Waals surface area contributed by atoms with Crippen molar-refractivity contribution in [3.63, 3.8) is 0 Å². The van der Waals surface area contributed by atoms with E-state index in [1.807, 2.05) is 41.8 Å². The third-order valence-corrected chi connectivity index (χ3v) is 10.0. The Kier molecular flexibility index (Phi) is 8.48. The van der Waals surface area contributed by atoms with E-state index in [1.54, 1.807) is 31.2 Å². The molecule has 0 bridgehead atoms. The number of anilines is 1. The molecule has 1 aliphatic rings. The Morgan fingerprint density at radius 1 is 0.976 bits per heavy atom. The second kappa shape index (κ2) is 12.2. The van der Waals surface area contributed by atoms with Gasteiger partial charge in [-0.1, -0.05) is 30.3 Å². The molecule has 11 heteroatoms. The smallest absolute Gasteiger partial charge is 0.257 e. The van der Waals surface area contributed by atoms with E-state index in [2.05, 4.69) is 15.8 Å². The average Bonchev–Trinajstić information content (AvgIpc) is 3.44. The molecule has 0 radical (unpaired) electrons. The predicted molar refractivity (Wildman–Crippen MR) is 161 cm³/mol. The van der Waals surface area contributed by atoms with Crippen molar-refractivity contribution in [3.8, 4) is 5.75 Å². The van der Waals surface area contributed by atoms with Crippen LogP contribution in [-0.2, 0) is 14.8 Å². The number of fused-ring (bicyclic) bond motifs is 1. The Bertz CT molecular complexity index is 1690. The highest BCUT2D eigenvalue weighted by molar-refractivity contribution is 7.89. The van der Waals surface area contributed by atoms with Gasteiger partial charge in [0.05, 0.1) is 23.3 Å². The van der Waals surface area contributed by atoms with Crippen molar-refractivity contribution in [3.05, 3.63) is 89.3 Å². The van der Waals surface area contributed by atoms with Crippen LogP contribution in [0.15, 0.2) is 88.2 Å². The standard InChI is InChI=1S/C30H30N4O5S2/c1-20(21-7-9-23(10-8-21)31-30(36)27-19-40-28-6-4-3-5-26(27)28)32-33-29(35)22-15-17-34(18-16-22)41(37,38)25-13-11-24(39-2)12-14-25/h3-14,19,22H,15-18H2,1-2H3,(H,31,36)(H,33,35)/b32-20-. The maximum absolute atomic E-state index is 13.0. The minimum atomic E-state index is -3.64. The number of hydrogen-bond donors (Lipinski definition) is 2. The summed E-state index contributed by atoms with van der Waals surface area (Å²) in [4.78, 5) is 25.8. The van der Waals surface area contributed by atoms with E-state index in [9.17, 15) is 18.0 Å². The number of nitrogens with one attached hydrogen (secondary N) is 2. The Morgan fingerprint density at radius 2 is 1.66 bits per heavy atom. The number of thiophene rings is 1. The molecule has 212 valence electrons. The van der Waals surface area contributed by atoms with Crippen LogP contribution < -0.4 is 15.5 Å². The van der Waals surface area contributed by atoms with Gasteiger partial charge in [0.25, 0.3) is 5.91 Å². The van der Waals surface area contributed by atoms with Crippen molar-refractivity contribution in [2.24, 2.45) is 11.0 Å². The SMILES string of the molecule is COc1ccc(S(=O)(=O)N2CCC(C(=O)N/N=C(/C)c3ccc(NC(=O)c4csc5ccccc45)cc3)CC2)cc1. The second-order valence-electron chi connectivity index (χ2n) is 9.70. The van der Waals surface area contributed by atoms with Gasteiger partial charge in [-0.15, -0.1) is 11.3 Å². The maximum Gasteiger partial charge on any atom is 0.257 e. The van der Waals surface area contributed by atoms with Crippen molar-refractivity contribution < 1.29 is 22.7 Å². The van der Waals surface area contributed by atoms with Crippen LogP contribution in [0.4, 0.5) is 5.69 Å². The van der Waals surface area contributed by atoms with E-state index in [-0.39, 0.29) is 35.7 Å². The van der Waals surface area contributed by atoms with Gasteiger partial charge >= 0.3 is 0 Å². The number of rotatable bonds is 8. The van der Waals surface area contributed by atoms with Gasteiger partial charge < -0.3 is 10.1 Å². The summed E-state index contributed by atoms with van der Waals surface area (Å²) in [7, 11) is -2.11. The van der Waals surface area contributed by atoms with E-state index in [0.29, 0.717) is 35.6 Å². The fraction of sp³-hybridized carbons (Fsp3) is 0.233. The fourth-order valence-electron chi connectivity index (χ4n) is 4.70. The minimum absolute atomic E-state index is 0.171. The summed E-state index contributed by atoms with van der Waals surface area (Å²) in [5.74, 6) is -0.158. The first-order valence-electron chi connectivity index (χ1n) is 13.1. The third kappa shape index (κ3) is 6.32. The van der Waals surface area contributed by atoms with E-state index < -0.39 is 10.0 Å². The summed E-state index contributed by atoms with van der Waals surface area (Å²) >= 11 is 1.53. The highest BCUT2D eigenvalue weighted by Gasteiger charge is 2.32. The largest absolute Gasteiger partial charge is 0.497 e. The molecule has 1 aromatic heterocycles. The number of carbonyl (C=O) groups is 2. The van der Waals surface area contributed by atoms with E-state index in [1.165, 1.54) is 34.9 Å². The van der Waals surface area contributed by atoms with Crippen molar-refractivity contribution in [2.45, 2.75) is 24.7 Å². The van der Waals surface area contributed by atoms with Crippen LogP contribution in [0.5, 0.6) is 5.75 Å². The fourth-order valence-corrected chi connectivity index (χ4v) is 7.11. The van der Waals surface area contributed by atoms with Crippen LogP contribution in [0.2, 0.25) is 0 Å². The lowest BCUT2D eigenvalue weighted by atomic mass is 9.98. The zero-order valence-electron chi connectivity index (χ0n) is 22.7. The van der Waals surface area contributed by atoms with Crippen LogP contribution >= 0.6 is 11.3 Å². The number of amides is 2. The number of ether oxygens (including phenoxy) is 1. The molecule has 3 aromatic carbocycles. The number of hydrazone groups is 1. The van der Waals surface area contributed by atoms with Gasteiger partial charge in [-0.25, -0.2) is 13.8 Å². The number of sulfonamides is 1. The molecule has 41 heavy (non-hydrogen) atoms. The van der Waals surface area contributed by atoms with Crippen molar-refractivity contribution in [1.29, 1.82) is 0 Å². The molecule has 9 nitrogen and oxygen atoms in total. The highest BCUT2D eigenvalue weighted by Crippen LogP contribution is 2.27. The normalized spacial score (nSPS) is 15.0. The van der Waals surface area contributed by atoms with Crippen LogP contribution in [0.1, 0.15) is 35.7 Å². The minimum Gasteiger partial charge on any atom is -0.497 e. The lowest BCUT2D eigenvalue weighted by Crippen LogP contribution is -2.42. The van der Waals surface area contributed by atoms with Crippen LogP contribution in [0.25, 0.3) is 10.1 Å². The summed E-state index contributed by atoms with van der Waals surface area (Å²) in [5.41, 5.74) is 5.33. The molecule has 4 aromatic rings. The molecule has 1 aliphatic heterocycles. The van der Waals surface area contributed by atoms with Gasteiger partial charge in [0, 0.05) is 40.2 Å². The number of piperidine rings is 1. The summed E-state index contributed by atoms with van der Waals surface area (Å²) < 4.78 is 33.5. The first-order chi connectivity index (χ1) is 19.8. The molecule has 5 rings (SSSR count). The quantitative estimate of drug-likeness (QED) is 0.219. The maximum atomic E-state index is 13.0. The topological polar surface area (TPSA) is 117 Å². The number of benzene rings is 3. The monoisotopic (exact) mass is 590 g/mol. The Hall–Kier alpha value is -4.06. The van der Waals surface area contributed by atoms with E-state index in [4.69, 9.17) is 4.74 Å². The van der Waals surface area contributed by atoms with Crippen LogP contribution in [0, 0.1) is 5.92 Å². The number of methoxy groups -OCH3 is 1. The second-order valence-corrected chi connectivity index (χ2v) is 12.6. The third-order valence-electron chi connectivity index (χ3n) is 7.14. The first-order valence-corrected chi connectivity index (χ1v) is 15.4. The van der Waals surface area contributed by atoms with Crippen molar-refractivity contribution in [1.82, 2.24) is 9.73 Å². The summed E-state index contributed by atoms with van der Waals surface area (Å²) in [6.07, 6.45) is 0.813. The molecule has 0 aliphatic carbocycles. The zero-order valence-corrected chi connectivity index (χ0v) is 24.3. The lowest BCUT2D eigenvalue weighted by molar-refractivity contribution is -0.126. The van der Waals surface area contributed by atoms with Gasteiger partial charge in [0.1, 0.15) is 5.75 Å². The molecule has 1 fully saturated rings. The lowest BCUT2D eigenvalue weighted by Gasteiger charge is -2.30. The molecule has 0 atom stereocenters. The number of hydrogen-bond acceptors (Lipinski definition) is 7. The van der Waals surface area contributed by atoms with Gasteiger partial charge in [0.2, 0.25) is 15.9 Å². The van der Waals surface area contributed by atoms with Crippen LogP contribution in [-0.4, -0.2) is 50.4 Å². The van der Waals surface area contributed by atoms with E-state index in [0.717, 1.165) is 15.6 Å². The molecule has 1 saturated heterocycles. The van der Waals surface area contributed by atoms with Gasteiger partial charge in [-0.3, -0.25) is 9.59 Å². The molecule has 2 N–H and O–H groups in total. The summed E-state index contributed by atoms with van der Waals surface area (Å²) in [6.45, 7) is 2.29. The van der Waals surface area contributed by atoms with Gasteiger partial charge in [0.15, 0.2) is 0 Å². The summed E-state index contributed by atoms with van der Waals surface area (Å²) in [5, 5.41) is 9.97. The zero-order chi connectivity index (χ0) is 29.0. The Morgan fingerprint density at radius 3 is 2.34 bits per heavy atom. The van der Waals surface area contributed by atoms with Gasteiger partial charge in [-0.05, 0) is 67.8 Å². The predicted octanol–water partition coefficient (Wildman–Crippen LogP) is 5.10. The Labute approximate surface area is 242 Å². The molecule has 2 amide bonds. The first kappa shape index (κ1) is 28.5. The molecule has 0 saturated carbocycles. The molecular weight excluding hydrogens is 560 g/mol. The van der Waals surface area contributed by atoms with Crippen molar-refractivity contribution >= 4 is 54.7 Å². The number of carbonyl (C=O) groups excluding carboxylic acids is 2. The van der Waals surface area contributed by atoms with Crippen molar-refractivity contribution in [2.75, 3.05) is 25.5 Å². The number of nitrogens with zero attached hydrogens (tertiary/aromatic N) is 2. The molecule has 0 spiro atoms. The van der Waals surface area contributed by atoms with Gasteiger partial charge in [-0.2, -0.15) is 9.41 Å². The summed E-state index contributed by atoms with van der Waals surface area (Å²) in [6, 6.07) is 21.3. The molecule has 0 unspecified atom stereocenters. The Balaban J connectivity index is 1.13. The van der Waals surface area contributed by atoms with Crippen LogP contribution in [0.3, 0.4) is 0 Å². The molecule has 2 heterocycles. The average molecular weight is 591 g/mol.